The molecule has 0 N–H and O–H groups in total. The minimum Gasteiger partial charge on any atom is -0.341 e. The lowest BCUT2D eigenvalue weighted by Gasteiger charge is -2.27. The van der Waals surface area contributed by atoms with Gasteiger partial charge >= 0.3 is 0 Å². The topological polar surface area (TPSA) is 42.3 Å². The monoisotopic (exact) mass is 350 g/mol. The quantitative estimate of drug-likeness (QED) is 0.652. The highest BCUT2D eigenvalue weighted by Gasteiger charge is 2.19. The van der Waals surface area contributed by atoms with Crippen LogP contribution in [0.4, 0.5) is 0 Å². The zero-order chi connectivity index (χ0) is 18.8. The van der Waals surface area contributed by atoms with Crippen molar-refractivity contribution in [2.24, 2.45) is 5.92 Å². The average Bonchev–Trinajstić information content (AvgIpc) is 2.63. The Bertz CT molecular complexity index is 944. The summed E-state index contributed by atoms with van der Waals surface area (Å²) in [5.74, 6) is 0.589. The van der Waals surface area contributed by atoms with Crippen LogP contribution in [0.25, 0.3) is 21.8 Å². The number of likely N-dealkylation sites (N-methyl/N-ethyl adjacent to an activating group) is 1. The van der Waals surface area contributed by atoms with Gasteiger partial charge in [0, 0.05) is 23.9 Å². The number of benzene rings is 2. The largest absolute Gasteiger partial charge is 0.341 e. The molecule has 136 valence electrons. The zero-order valence-corrected chi connectivity index (χ0v) is 15.9. The fourth-order valence-electron chi connectivity index (χ4n) is 3.58. The predicted octanol–water partition coefficient (Wildman–Crippen LogP) is 4.05. The molecule has 4 nitrogen and oxygen atoms in total. The maximum atomic E-state index is 12.9. The van der Waals surface area contributed by atoms with E-state index in [1.807, 2.05) is 65.0 Å². The highest BCUT2D eigenvalue weighted by molar-refractivity contribution is 5.94. The summed E-state index contributed by atoms with van der Waals surface area (Å²) < 4.78 is 1.97. The van der Waals surface area contributed by atoms with E-state index in [1.54, 1.807) is 0 Å². The molecule has 0 unspecified atom stereocenters. The van der Waals surface area contributed by atoms with Crippen molar-refractivity contribution >= 4 is 27.7 Å². The lowest BCUT2D eigenvalue weighted by molar-refractivity contribution is -0.132. The molecule has 0 saturated heterocycles. The Hall–Kier alpha value is -2.62. The second-order valence-electron chi connectivity index (χ2n) is 7.43. The first-order valence-corrected chi connectivity index (χ1v) is 9.16. The van der Waals surface area contributed by atoms with E-state index >= 15 is 0 Å². The number of nitrogens with zero attached hydrogens (tertiary/aromatic N) is 2. The van der Waals surface area contributed by atoms with Gasteiger partial charge in [0.15, 0.2) is 5.43 Å². The molecule has 1 heterocycles. The molecule has 0 saturated carbocycles. The molecule has 1 atom stereocenters. The number of hydrogen-bond donors (Lipinski definition) is 0. The van der Waals surface area contributed by atoms with Crippen molar-refractivity contribution in [2.45, 2.75) is 39.8 Å². The lowest BCUT2D eigenvalue weighted by atomic mass is 10.0. The first-order valence-electron chi connectivity index (χ1n) is 9.16. The van der Waals surface area contributed by atoms with E-state index in [0.29, 0.717) is 16.7 Å². The molecule has 0 radical (unpaired) electrons. The molecular formula is C22H26N2O2. The first kappa shape index (κ1) is 18.2. The van der Waals surface area contributed by atoms with Gasteiger partial charge in [-0.25, -0.2) is 0 Å². The molecule has 0 aliphatic rings. The zero-order valence-electron chi connectivity index (χ0n) is 15.9. The van der Waals surface area contributed by atoms with E-state index in [9.17, 15) is 9.59 Å². The van der Waals surface area contributed by atoms with E-state index in [4.69, 9.17) is 0 Å². The van der Waals surface area contributed by atoms with Crippen molar-refractivity contribution in [3.63, 3.8) is 0 Å². The number of fused-ring (bicyclic) bond motifs is 2. The van der Waals surface area contributed by atoms with Gasteiger partial charge < -0.3 is 9.47 Å². The SMILES string of the molecule is CC(C)C[C@@H](C)N(C)C(=O)Cn1c2ccccc2c(=O)c2ccccc21. The molecule has 3 rings (SSSR count). The van der Waals surface area contributed by atoms with Gasteiger partial charge in [0.2, 0.25) is 5.91 Å². The normalized spacial score (nSPS) is 12.7. The summed E-state index contributed by atoms with van der Waals surface area (Å²) in [5.41, 5.74) is 1.62. The Kier molecular flexibility index (Phi) is 5.12. The van der Waals surface area contributed by atoms with Crippen molar-refractivity contribution in [1.82, 2.24) is 9.47 Å². The minimum absolute atomic E-state index is 0.0152. The third kappa shape index (κ3) is 3.36. The van der Waals surface area contributed by atoms with Crippen LogP contribution in [-0.4, -0.2) is 28.5 Å². The smallest absolute Gasteiger partial charge is 0.242 e. The molecular weight excluding hydrogens is 324 g/mol. The van der Waals surface area contributed by atoms with Crippen molar-refractivity contribution in [3.8, 4) is 0 Å². The Morgan fingerprint density at radius 1 is 0.962 bits per heavy atom. The van der Waals surface area contributed by atoms with Crippen LogP contribution in [0.5, 0.6) is 0 Å². The number of para-hydroxylation sites is 2. The highest BCUT2D eigenvalue weighted by Crippen LogP contribution is 2.20. The van der Waals surface area contributed by atoms with Crippen LogP contribution in [0.2, 0.25) is 0 Å². The van der Waals surface area contributed by atoms with Gasteiger partial charge in [-0.1, -0.05) is 38.1 Å². The molecule has 0 aliphatic heterocycles. The van der Waals surface area contributed by atoms with Gasteiger partial charge in [-0.05, 0) is 43.5 Å². The molecule has 0 aliphatic carbocycles. The molecule has 1 amide bonds. The fraction of sp³-hybridized carbons (Fsp3) is 0.364. The third-order valence-electron chi connectivity index (χ3n) is 5.04. The number of carbonyl (C=O) groups is 1. The Labute approximate surface area is 154 Å². The van der Waals surface area contributed by atoms with Crippen LogP contribution in [0.15, 0.2) is 53.3 Å². The summed E-state index contributed by atoms with van der Waals surface area (Å²) in [5, 5.41) is 1.30. The maximum Gasteiger partial charge on any atom is 0.242 e. The second-order valence-corrected chi connectivity index (χ2v) is 7.43. The van der Waals surface area contributed by atoms with E-state index in [-0.39, 0.29) is 23.9 Å². The standard InChI is InChI=1S/C22H26N2O2/c1-15(2)13-16(3)23(4)21(25)14-24-19-11-7-5-9-17(19)22(26)18-10-6-8-12-20(18)24/h5-12,15-16H,13-14H2,1-4H3/t16-/m1/s1. The van der Waals surface area contributed by atoms with Gasteiger partial charge in [-0.2, -0.15) is 0 Å². The fourth-order valence-corrected chi connectivity index (χ4v) is 3.58. The Morgan fingerprint density at radius 3 is 1.96 bits per heavy atom. The number of pyridine rings is 1. The summed E-state index contributed by atoms with van der Waals surface area (Å²) >= 11 is 0. The number of rotatable bonds is 5. The van der Waals surface area contributed by atoms with Gasteiger partial charge in [-0.15, -0.1) is 0 Å². The Morgan fingerprint density at radius 2 is 1.46 bits per heavy atom. The summed E-state index contributed by atoms with van der Waals surface area (Å²) in [4.78, 5) is 27.5. The maximum absolute atomic E-state index is 12.9. The van der Waals surface area contributed by atoms with Crippen LogP contribution in [0.3, 0.4) is 0 Å². The van der Waals surface area contributed by atoms with E-state index < -0.39 is 0 Å². The van der Waals surface area contributed by atoms with Crippen LogP contribution >= 0.6 is 0 Å². The van der Waals surface area contributed by atoms with E-state index in [2.05, 4.69) is 20.8 Å². The summed E-state index contributed by atoms with van der Waals surface area (Å²) in [6.07, 6.45) is 0.966. The lowest BCUT2D eigenvalue weighted by Crippen LogP contribution is -2.38. The number of aromatic nitrogens is 1. The van der Waals surface area contributed by atoms with Crippen molar-refractivity contribution in [3.05, 3.63) is 58.8 Å². The molecule has 0 spiro atoms. The van der Waals surface area contributed by atoms with Gasteiger partial charge in [0.25, 0.3) is 0 Å². The van der Waals surface area contributed by atoms with Crippen LogP contribution < -0.4 is 5.43 Å². The van der Waals surface area contributed by atoms with E-state index in [1.165, 1.54) is 0 Å². The molecule has 2 aromatic carbocycles. The van der Waals surface area contributed by atoms with Gasteiger partial charge in [0.05, 0.1) is 11.0 Å². The second kappa shape index (κ2) is 7.32. The highest BCUT2D eigenvalue weighted by atomic mass is 16.2. The van der Waals surface area contributed by atoms with Gasteiger partial charge in [-0.3, -0.25) is 9.59 Å². The number of hydrogen-bond acceptors (Lipinski definition) is 2. The summed E-state index contributed by atoms with van der Waals surface area (Å²) in [6, 6.07) is 15.2. The first-order chi connectivity index (χ1) is 12.4. The van der Waals surface area contributed by atoms with Crippen LogP contribution in [0.1, 0.15) is 27.2 Å². The molecule has 1 aromatic heterocycles. The summed E-state index contributed by atoms with van der Waals surface area (Å²) in [7, 11) is 1.86. The predicted molar refractivity (Wildman–Crippen MR) is 107 cm³/mol. The molecule has 0 bridgehead atoms. The molecule has 4 heteroatoms. The number of amides is 1. The average molecular weight is 350 g/mol. The van der Waals surface area contributed by atoms with Crippen molar-refractivity contribution in [2.75, 3.05) is 7.05 Å². The van der Waals surface area contributed by atoms with Crippen LogP contribution in [0, 0.1) is 5.92 Å². The van der Waals surface area contributed by atoms with E-state index in [0.717, 1.165) is 17.5 Å². The number of carbonyl (C=O) groups excluding carboxylic acids is 1. The van der Waals surface area contributed by atoms with Crippen molar-refractivity contribution in [1.29, 1.82) is 0 Å². The molecule has 0 fully saturated rings. The van der Waals surface area contributed by atoms with Crippen molar-refractivity contribution < 1.29 is 4.79 Å². The molecule has 26 heavy (non-hydrogen) atoms. The minimum atomic E-state index is 0.0152. The molecule has 3 aromatic rings. The third-order valence-corrected chi connectivity index (χ3v) is 5.04. The van der Waals surface area contributed by atoms with Crippen LogP contribution in [-0.2, 0) is 11.3 Å². The van der Waals surface area contributed by atoms with Gasteiger partial charge in [0.1, 0.15) is 6.54 Å². The summed E-state index contributed by atoms with van der Waals surface area (Å²) in [6.45, 7) is 6.63. The Balaban J connectivity index is 2.08.